The molecule has 12 aromatic rings. The number of hydrogen-bond donors (Lipinski definition) is 0. The number of benzene rings is 12. The Kier molecular flexibility index (Phi) is 8.25. The maximum atomic E-state index is 2.47. The van der Waals surface area contributed by atoms with Crippen LogP contribution in [0.25, 0.3) is 98.0 Å². The van der Waals surface area contributed by atoms with Crippen LogP contribution in [-0.4, -0.2) is 0 Å². The van der Waals surface area contributed by atoms with E-state index >= 15 is 0 Å². The quantitative estimate of drug-likeness (QED) is 0.152. The standard InChI is InChI=1S/C60H39N/c1-2-13-40(14-3-1)42-29-32-47(33-30-42)61(58-37-35-48(50-19-8-10-21-55(50)58)46-28-25-41-15-4-5-17-45(41)39-46)59-38-36-53(52-20-9-11-22-56(52)59)51-23-12-24-57-54(51)34-31-44-27-26-43-16-6-7-18-49(43)60(44)57/h1-39H. The van der Waals surface area contributed by atoms with Gasteiger partial charge in [-0.1, -0.05) is 206 Å². The maximum absolute atomic E-state index is 2.47. The topological polar surface area (TPSA) is 3.24 Å². The van der Waals surface area contributed by atoms with Crippen LogP contribution >= 0.6 is 0 Å². The number of nitrogens with zero attached hydrogens (tertiary/aromatic N) is 1. The molecule has 0 amide bonds. The van der Waals surface area contributed by atoms with Gasteiger partial charge in [-0.2, -0.15) is 0 Å². The van der Waals surface area contributed by atoms with Crippen molar-refractivity contribution in [3.05, 3.63) is 237 Å². The van der Waals surface area contributed by atoms with Gasteiger partial charge in [-0.25, -0.2) is 0 Å². The molecule has 0 fully saturated rings. The fourth-order valence-electron chi connectivity index (χ4n) is 9.74. The summed E-state index contributed by atoms with van der Waals surface area (Å²) in [6.07, 6.45) is 0. The van der Waals surface area contributed by atoms with E-state index in [4.69, 9.17) is 0 Å². The molecule has 0 aliphatic rings. The summed E-state index contributed by atoms with van der Waals surface area (Å²) in [7, 11) is 0. The summed E-state index contributed by atoms with van der Waals surface area (Å²) in [5.74, 6) is 0. The molecule has 0 saturated carbocycles. The normalized spacial score (nSPS) is 11.6. The highest BCUT2D eigenvalue weighted by Gasteiger charge is 2.21. The van der Waals surface area contributed by atoms with Gasteiger partial charge in [0.05, 0.1) is 11.4 Å². The Morgan fingerprint density at radius 1 is 0.230 bits per heavy atom. The van der Waals surface area contributed by atoms with Crippen molar-refractivity contribution >= 4 is 81.7 Å². The van der Waals surface area contributed by atoms with Gasteiger partial charge in [0, 0.05) is 16.5 Å². The zero-order chi connectivity index (χ0) is 40.3. The van der Waals surface area contributed by atoms with Crippen molar-refractivity contribution in [3.8, 4) is 33.4 Å². The zero-order valence-electron chi connectivity index (χ0n) is 33.5. The summed E-state index contributed by atoms with van der Waals surface area (Å²) in [5.41, 5.74) is 10.7. The molecule has 0 aromatic heterocycles. The molecule has 0 spiro atoms. The monoisotopic (exact) mass is 773 g/mol. The molecule has 0 heterocycles. The molecule has 0 unspecified atom stereocenters. The van der Waals surface area contributed by atoms with Crippen molar-refractivity contribution in [2.24, 2.45) is 0 Å². The van der Waals surface area contributed by atoms with E-state index in [2.05, 4.69) is 241 Å². The third kappa shape index (κ3) is 5.86. The van der Waals surface area contributed by atoms with Crippen molar-refractivity contribution in [2.75, 3.05) is 4.90 Å². The molecule has 12 rings (SSSR count). The lowest BCUT2D eigenvalue weighted by Crippen LogP contribution is -2.11. The Labute approximate surface area is 355 Å². The van der Waals surface area contributed by atoms with Crippen LogP contribution in [0.5, 0.6) is 0 Å². The Hall–Kier alpha value is -8.00. The lowest BCUT2D eigenvalue weighted by molar-refractivity contribution is 1.31. The summed E-state index contributed by atoms with van der Waals surface area (Å²) in [4.78, 5) is 2.47. The predicted octanol–water partition coefficient (Wildman–Crippen LogP) is 17.1. The molecule has 0 aliphatic carbocycles. The van der Waals surface area contributed by atoms with Crippen LogP contribution in [0, 0.1) is 0 Å². The van der Waals surface area contributed by atoms with Crippen LogP contribution in [0.4, 0.5) is 17.1 Å². The van der Waals surface area contributed by atoms with E-state index in [1.165, 1.54) is 98.0 Å². The van der Waals surface area contributed by atoms with Gasteiger partial charge >= 0.3 is 0 Å². The van der Waals surface area contributed by atoms with E-state index in [1.54, 1.807) is 0 Å². The summed E-state index contributed by atoms with van der Waals surface area (Å²) in [6.45, 7) is 0. The molecule has 0 radical (unpaired) electrons. The fraction of sp³-hybridized carbons (Fsp3) is 0. The number of fused-ring (bicyclic) bond motifs is 8. The van der Waals surface area contributed by atoms with Gasteiger partial charge < -0.3 is 4.90 Å². The van der Waals surface area contributed by atoms with Gasteiger partial charge in [-0.3, -0.25) is 0 Å². The highest BCUT2D eigenvalue weighted by molar-refractivity contribution is 6.23. The Bertz CT molecular complexity index is 3640. The van der Waals surface area contributed by atoms with Crippen molar-refractivity contribution < 1.29 is 0 Å². The van der Waals surface area contributed by atoms with Crippen LogP contribution < -0.4 is 4.90 Å². The third-order valence-electron chi connectivity index (χ3n) is 12.6. The van der Waals surface area contributed by atoms with E-state index in [0.717, 1.165) is 17.1 Å². The van der Waals surface area contributed by atoms with Gasteiger partial charge in [0.1, 0.15) is 0 Å². The van der Waals surface area contributed by atoms with E-state index < -0.39 is 0 Å². The van der Waals surface area contributed by atoms with Crippen molar-refractivity contribution in [2.45, 2.75) is 0 Å². The molecule has 0 atom stereocenters. The second-order valence-electron chi connectivity index (χ2n) is 16.0. The SMILES string of the molecule is c1ccc(-c2ccc(N(c3ccc(-c4ccc5ccccc5c4)c4ccccc34)c3ccc(-c4cccc5c4ccc4ccc6ccccc6c45)c4ccccc34)cc2)cc1. The van der Waals surface area contributed by atoms with Gasteiger partial charge in [-0.15, -0.1) is 0 Å². The molecule has 12 aromatic carbocycles. The number of hydrogen-bond acceptors (Lipinski definition) is 1. The Morgan fingerprint density at radius 3 is 1.48 bits per heavy atom. The van der Waals surface area contributed by atoms with Gasteiger partial charge in [0.2, 0.25) is 0 Å². The van der Waals surface area contributed by atoms with Crippen molar-refractivity contribution in [1.29, 1.82) is 0 Å². The summed E-state index contributed by atoms with van der Waals surface area (Å²) >= 11 is 0. The van der Waals surface area contributed by atoms with Gasteiger partial charge in [-0.05, 0) is 118 Å². The van der Waals surface area contributed by atoms with Crippen LogP contribution in [0.1, 0.15) is 0 Å². The van der Waals surface area contributed by atoms with Crippen LogP contribution in [-0.2, 0) is 0 Å². The minimum atomic E-state index is 1.10. The average Bonchev–Trinajstić information content (AvgIpc) is 3.34. The zero-order valence-corrected chi connectivity index (χ0v) is 33.5. The first kappa shape index (κ1) is 35.0. The second-order valence-corrected chi connectivity index (χ2v) is 16.0. The molecule has 284 valence electrons. The molecular formula is C60H39N. The molecule has 0 saturated heterocycles. The maximum Gasteiger partial charge on any atom is 0.0540 e. The molecule has 1 heteroatoms. The third-order valence-corrected chi connectivity index (χ3v) is 12.6. The first-order chi connectivity index (χ1) is 30.3. The van der Waals surface area contributed by atoms with E-state index in [0.29, 0.717) is 0 Å². The van der Waals surface area contributed by atoms with Crippen LogP contribution in [0.2, 0.25) is 0 Å². The number of rotatable bonds is 6. The smallest absolute Gasteiger partial charge is 0.0540 e. The summed E-state index contributed by atoms with van der Waals surface area (Å²) < 4.78 is 0. The molecular weight excluding hydrogens is 735 g/mol. The molecule has 0 aliphatic heterocycles. The first-order valence-corrected chi connectivity index (χ1v) is 21.1. The molecule has 61 heavy (non-hydrogen) atoms. The highest BCUT2D eigenvalue weighted by atomic mass is 15.1. The van der Waals surface area contributed by atoms with Crippen LogP contribution in [0.15, 0.2) is 237 Å². The Morgan fingerprint density at radius 2 is 0.721 bits per heavy atom. The molecule has 0 N–H and O–H groups in total. The lowest BCUT2D eigenvalue weighted by Gasteiger charge is -2.29. The predicted molar refractivity (Wildman–Crippen MR) is 262 cm³/mol. The van der Waals surface area contributed by atoms with Gasteiger partial charge in [0.25, 0.3) is 0 Å². The Balaban J connectivity index is 1.08. The van der Waals surface area contributed by atoms with E-state index in [1.807, 2.05) is 0 Å². The summed E-state index contributed by atoms with van der Waals surface area (Å²) in [6, 6.07) is 86.9. The number of anilines is 3. The minimum Gasteiger partial charge on any atom is -0.309 e. The largest absolute Gasteiger partial charge is 0.309 e. The van der Waals surface area contributed by atoms with E-state index in [-0.39, 0.29) is 0 Å². The fourth-order valence-corrected chi connectivity index (χ4v) is 9.74. The van der Waals surface area contributed by atoms with Gasteiger partial charge in [0.15, 0.2) is 0 Å². The van der Waals surface area contributed by atoms with Crippen molar-refractivity contribution in [3.63, 3.8) is 0 Å². The highest BCUT2D eigenvalue weighted by Crippen LogP contribution is 2.47. The summed E-state index contributed by atoms with van der Waals surface area (Å²) in [5, 5.41) is 15.0. The minimum absolute atomic E-state index is 1.10. The average molecular weight is 774 g/mol. The first-order valence-electron chi connectivity index (χ1n) is 21.1. The molecule has 1 nitrogen and oxygen atoms in total. The lowest BCUT2D eigenvalue weighted by atomic mass is 9.90. The van der Waals surface area contributed by atoms with Crippen molar-refractivity contribution in [1.82, 2.24) is 0 Å². The van der Waals surface area contributed by atoms with Crippen LogP contribution in [0.3, 0.4) is 0 Å². The van der Waals surface area contributed by atoms with E-state index in [9.17, 15) is 0 Å². The molecule has 0 bridgehead atoms. The second kappa shape index (κ2) is 14.4.